The predicted octanol–water partition coefficient (Wildman–Crippen LogP) is 3.70. The van der Waals surface area contributed by atoms with Gasteiger partial charge in [0.25, 0.3) is 0 Å². The van der Waals surface area contributed by atoms with Crippen molar-refractivity contribution in [2.24, 2.45) is 0 Å². The van der Waals surface area contributed by atoms with E-state index in [1.807, 2.05) is 42.6 Å². The van der Waals surface area contributed by atoms with E-state index in [-0.39, 0.29) is 0 Å². The van der Waals surface area contributed by atoms with Crippen LogP contribution in [0.25, 0.3) is 11.2 Å². The van der Waals surface area contributed by atoms with Gasteiger partial charge in [0.15, 0.2) is 5.65 Å². The van der Waals surface area contributed by atoms with Gasteiger partial charge in [-0.1, -0.05) is 30.7 Å². The standard InChI is InChI=1S/C15H14ClN3/c1-2-14-18-13-4-3-9-17-15(13)19(14)10-11-5-7-12(16)8-6-11/h3-9H,2,10H2,1H3. The molecule has 0 saturated heterocycles. The van der Waals surface area contributed by atoms with Gasteiger partial charge in [-0.15, -0.1) is 0 Å². The van der Waals surface area contributed by atoms with Crippen LogP contribution in [-0.2, 0) is 13.0 Å². The molecule has 0 amide bonds. The van der Waals surface area contributed by atoms with E-state index in [0.29, 0.717) is 0 Å². The van der Waals surface area contributed by atoms with Crippen LogP contribution >= 0.6 is 11.6 Å². The van der Waals surface area contributed by atoms with E-state index in [2.05, 4.69) is 21.5 Å². The Morgan fingerprint density at radius 1 is 1.16 bits per heavy atom. The molecule has 3 rings (SSSR count). The normalized spacial score (nSPS) is 11.1. The highest BCUT2D eigenvalue weighted by Gasteiger charge is 2.10. The molecule has 4 heteroatoms. The maximum Gasteiger partial charge on any atom is 0.160 e. The van der Waals surface area contributed by atoms with Gasteiger partial charge in [-0.2, -0.15) is 0 Å². The summed E-state index contributed by atoms with van der Waals surface area (Å²) in [7, 11) is 0. The summed E-state index contributed by atoms with van der Waals surface area (Å²) in [5, 5.41) is 0.757. The molecular formula is C15H14ClN3. The number of hydrogen-bond donors (Lipinski definition) is 0. The van der Waals surface area contributed by atoms with E-state index in [0.717, 1.165) is 35.0 Å². The first-order valence-corrected chi connectivity index (χ1v) is 6.70. The summed E-state index contributed by atoms with van der Waals surface area (Å²) in [6.07, 6.45) is 2.70. The Morgan fingerprint density at radius 2 is 1.95 bits per heavy atom. The van der Waals surface area contributed by atoms with Gasteiger partial charge >= 0.3 is 0 Å². The van der Waals surface area contributed by atoms with Crippen molar-refractivity contribution in [2.75, 3.05) is 0 Å². The van der Waals surface area contributed by atoms with E-state index >= 15 is 0 Å². The van der Waals surface area contributed by atoms with Crippen LogP contribution in [0.15, 0.2) is 42.6 Å². The molecule has 0 unspecified atom stereocenters. The topological polar surface area (TPSA) is 30.7 Å². The number of aryl methyl sites for hydroxylation is 1. The van der Waals surface area contributed by atoms with Gasteiger partial charge in [0.05, 0.1) is 6.54 Å². The molecule has 2 heterocycles. The van der Waals surface area contributed by atoms with Crippen molar-refractivity contribution in [3.8, 4) is 0 Å². The van der Waals surface area contributed by atoms with Gasteiger partial charge in [0.2, 0.25) is 0 Å². The minimum Gasteiger partial charge on any atom is -0.308 e. The van der Waals surface area contributed by atoms with E-state index in [1.165, 1.54) is 5.56 Å². The molecular weight excluding hydrogens is 258 g/mol. The number of benzene rings is 1. The lowest BCUT2D eigenvalue weighted by Crippen LogP contribution is -2.05. The average Bonchev–Trinajstić information content (AvgIpc) is 2.79. The van der Waals surface area contributed by atoms with Crippen LogP contribution in [0.4, 0.5) is 0 Å². The van der Waals surface area contributed by atoms with E-state index in [4.69, 9.17) is 11.6 Å². The third-order valence-corrected chi connectivity index (χ3v) is 3.40. The first-order chi connectivity index (χ1) is 9.28. The van der Waals surface area contributed by atoms with Crippen molar-refractivity contribution < 1.29 is 0 Å². The number of hydrogen-bond acceptors (Lipinski definition) is 2. The first-order valence-electron chi connectivity index (χ1n) is 6.32. The van der Waals surface area contributed by atoms with Crippen molar-refractivity contribution in [3.63, 3.8) is 0 Å². The zero-order valence-electron chi connectivity index (χ0n) is 10.7. The number of pyridine rings is 1. The maximum absolute atomic E-state index is 5.92. The molecule has 1 aromatic carbocycles. The van der Waals surface area contributed by atoms with E-state index in [1.54, 1.807) is 0 Å². The summed E-state index contributed by atoms with van der Waals surface area (Å²) in [5.74, 6) is 1.06. The predicted molar refractivity (Wildman–Crippen MR) is 77.5 cm³/mol. The summed E-state index contributed by atoms with van der Waals surface area (Å²) in [6.45, 7) is 2.88. The molecule has 0 spiro atoms. The van der Waals surface area contributed by atoms with E-state index < -0.39 is 0 Å². The molecule has 0 bridgehead atoms. The molecule has 0 fully saturated rings. The lowest BCUT2D eigenvalue weighted by molar-refractivity contribution is 0.746. The molecule has 3 aromatic rings. The Kier molecular flexibility index (Phi) is 3.22. The molecule has 0 atom stereocenters. The Morgan fingerprint density at radius 3 is 2.68 bits per heavy atom. The van der Waals surface area contributed by atoms with Crippen LogP contribution in [0, 0.1) is 0 Å². The van der Waals surface area contributed by atoms with E-state index in [9.17, 15) is 0 Å². The van der Waals surface area contributed by atoms with Crippen LogP contribution in [0.5, 0.6) is 0 Å². The number of fused-ring (bicyclic) bond motifs is 1. The summed E-state index contributed by atoms with van der Waals surface area (Å²) < 4.78 is 2.17. The largest absolute Gasteiger partial charge is 0.308 e. The van der Waals surface area contributed by atoms with Crippen LogP contribution < -0.4 is 0 Å². The number of aromatic nitrogens is 3. The second-order valence-electron chi connectivity index (χ2n) is 4.44. The van der Waals surface area contributed by atoms with Crippen molar-refractivity contribution in [3.05, 3.63) is 59.0 Å². The lowest BCUT2D eigenvalue weighted by atomic mass is 10.2. The molecule has 3 nitrogen and oxygen atoms in total. The second-order valence-corrected chi connectivity index (χ2v) is 4.88. The van der Waals surface area contributed by atoms with Crippen molar-refractivity contribution in [2.45, 2.75) is 19.9 Å². The first kappa shape index (κ1) is 12.2. The lowest BCUT2D eigenvalue weighted by Gasteiger charge is -2.07. The fourth-order valence-electron chi connectivity index (χ4n) is 2.21. The molecule has 19 heavy (non-hydrogen) atoms. The number of imidazole rings is 1. The fraction of sp³-hybridized carbons (Fsp3) is 0.200. The molecule has 0 radical (unpaired) electrons. The zero-order chi connectivity index (χ0) is 13.2. The van der Waals surface area contributed by atoms with Gasteiger partial charge in [-0.05, 0) is 29.8 Å². The molecule has 2 aromatic heterocycles. The van der Waals surface area contributed by atoms with Gasteiger partial charge in [-0.25, -0.2) is 9.97 Å². The zero-order valence-corrected chi connectivity index (χ0v) is 11.4. The molecule has 0 aliphatic carbocycles. The maximum atomic E-state index is 5.92. The minimum atomic E-state index is 0.757. The highest BCUT2D eigenvalue weighted by Crippen LogP contribution is 2.17. The number of halogens is 1. The SMILES string of the molecule is CCc1nc2cccnc2n1Cc1ccc(Cl)cc1. The fourth-order valence-corrected chi connectivity index (χ4v) is 2.34. The molecule has 96 valence electrons. The van der Waals surface area contributed by atoms with Crippen molar-refractivity contribution >= 4 is 22.8 Å². The summed E-state index contributed by atoms with van der Waals surface area (Å²) >= 11 is 5.92. The number of rotatable bonds is 3. The van der Waals surface area contributed by atoms with Crippen LogP contribution in [-0.4, -0.2) is 14.5 Å². The summed E-state index contributed by atoms with van der Waals surface area (Å²) in [4.78, 5) is 9.06. The molecule has 0 aliphatic rings. The molecule has 0 saturated carbocycles. The average molecular weight is 272 g/mol. The molecule has 0 N–H and O–H groups in total. The van der Waals surface area contributed by atoms with Crippen LogP contribution in [0.2, 0.25) is 5.02 Å². The van der Waals surface area contributed by atoms with Crippen LogP contribution in [0.1, 0.15) is 18.3 Å². The molecule has 0 aliphatic heterocycles. The van der Waals surface area contributed by atoms with Gasteiger partial charge < -0.3 is 4.57 Å². The van der Waals surface area contributed by atoms with Crippen molar-refractivity contribution in [1.29, 1.82) is 0 Å². The summed E-state index contributed by atoms with van der Waals surface area (Å²) in [5.41, 5.74) is 3.09. The Balaban J connectivity index is 2.06. The van der Waals surface area contributed by atoms with Gasteiger partial charge in [0, 0.05) is 17.6 Å². The smallest absolute Gasteiger partial charge is 0.160 e. The Bertz CT molecular complexity index is 701. The second kappa shape index (κ2) is 5.02. The van der Waals surface area contributed by atoms with Gasteiger partial charge in [0.1, 0.15) is 11.3 Å². The monoisotopic (exact) mass is 271 g/mol. The Labute approximate surface area is 116 Å². The van der Waals surface area contributed by atoms with Crippen LogP contribution in [0.3, 0.4) is 0 Å². The summed E-state index contributed by atoms with van der Waals surface area (Å²) in [6, 6.07) is 11.8. The van der Waals surface area contributed by atoms with Gasteiger partial charge in [-0.3, -0.25) is 0 Å². The number of nitrogens with zero attached hydrogens (tertiary/aromatic N) is 3. The highest BCUT2D eigenvalue weighted by molar-refractivity contribution is 6.30. The highest BCUT2D eigenvalue weighted by atomic mass is 35.5. The minimum absolute atomic E-state index is 0.757. The third-order valence-electron chi connectivity index (χ3n) is 3.15. The quantitative estimate of drug-likeness (QED) is 0.727. The Hall–Kier alpha value is -1.87. The third kappa shape index (κ3) is 2.34. The van der Waals surface area contributed by atoms with Crippen molar-refractivity contribution in [1.82, 2.24) is 14.5 Å².